The minimum absolute atomic E-state index is 0.0476. The Hall–Kier alpha value is -2.17. The predicted octanol–water partition coefficient (Wildman–Crippen LogP) is 4.03. The van der Waals surface area contributed by atoms with E-state index in [-0.39, 0.29) is 18.2 Å². The molecule has 0 spiro atoms. The number of ether oxygens (including phenoxy) is 1. The zero-order chi connectivity index (χ0) is 18.8. The second-order valence-electron chi connectivity index (χ2n) is 7.38. The molecule has 4 nitrogen and oxygen atoms in total. The standard InChI is InChI=1S/C22H29N3O/c1-13(2)26-22-11-8-16(12-21(22)24)14(3)25-15(4)17-6-5-7-19-18(17)9-10-20(19)23/h5-8,12-13,20,22H,4,9-11,23-24H2,1-3H3/b25-14+/t20-,22?/m0/s1. The number of benzene rings is 1. The molecule has 0 radical (unpaired) electrons. The molecule has 1 unspecified atom stereocenters. The van der Waals surface area contributed by atoms with Crippen molar-refractivity contribution in [3.8, 4) is 0 Å². The fourth-order valence-electron chi connectivity index (χ4n) is 3.70. The molecule has 1 aromatic carbocycles. The van der Waals surface area contributed by atoms with E-state index in [0.717, 1.165) is 47.5 Å². The van der Waals surface area contributed by atoms with Gasteiger partial charge >= 0.3 is 0 Å². The van der Waals surface area contributed by atoms with Crippen molar-refractivity contribution < 1.29 is 4.74 Å². The lowest BCUT2D eigenvalue weighted by atomic mass is 9.98. The van der Waals surface area contributed by atoms with Gasteiger partial charge in [0.05, 0.1) is 11.8 Å². The fourth-order valence-corrected chi connectivity index (χ4v) is 3.70. The van der Waals surface area contributed by atoms with Crippen LogP contribution in [-0.2, 0) is 11.2 Å². The van der Waals surface area contributed by atoms with Crippen LogP contribution in [0.15, 0.2) is 53.2 Å². The summed E-state index contributed by atoms with van der Waals surface area (Å²) >= 11 is 0. The number of aliphatic imine (C=N–C) groups is 1. The van der Waals surface area contributed by atoms with E-state index in [2.05, 4.69) is 24.8 Å². The first-order chi connectivity index (χ1) is 12.4. The summed E-state index contributed by atoms with van der Waals surface area (Å²) in [6.07, 6.45) is 6.96. The number of hydrogen-bond donors (Lipinski definition) is 2. The quantitative estimate of drug-likeness (QED) is 0.787. The first kappa shape index (κ1) is 18.6. The van der Waals surface area contributed by atoms with Crippen molar-refractivity contribution in [3.05, 3.63) is 64.9 Å². The molecule has 138 valence electrons. The van der Waals surface area contributed by atoms with Crippen LogP contribution in [0, 0.1) is 0 Å². The van der Waals surface area contributed by atoms with E-state index >= 15 is 0 Å². The number of hydrogen-bond acceptors (Lipinski definition) is 4. The molecular weight excluding hydrogens is 322 g/mol. The van der Waals surface area contributed by atoms with Gasteiger partial charge in [0.1, 0.15) is 6.10 Å². The van der Waals surface area contributed by atoms with Gasteiger partial charge in [0.2, 0.25) is 0 Å². The Balaban J connectivity index is 1.79. The summed E-state index contributed by atoms with van der Waals surface area (Å²) in [6, 6.07) is 6.37. The predicted molar refractivity (Wildman–Crippen MR) is 109 cm³/mol. The minimum atomic E-state index is -0.0476. The first-order valence-electron chi connectivity index (χ1n) is 9.31. The lowest BCUT2D eigenvalue weighted by Gasteiger charge is -2.23. The average molecular weight is 351 g/mol. The van der Waals surface area contributed by atoms with Crippen molar-refractivity contribution in [2.45, 2.75) is 58.3 Å². The third kappa shape index (κ3) is 3.81. The van der Waals surface area contributed by atoms with Crippen molar-refractivity contribution >= 4 is 11.4 Å². The van der Waals surface area contributed by atoms with Gasteiger partial charge in [-0.3, -0.25) is 4.99 Å². The van der Waals surface area contributed by atoms with E-state index in [0.29, 0.717) is 0 Å². The van der Waals surface area contributed by atoms with Gasteiger partial charge in [-0.15, -0.1) is 0 Å². The summed E-state index contributed by atoms with van der Waals surface area (Å²) in [5.74, 6) is 0. The molecule has 3 rings (SSSR count). The molecule has 0 aromatic heterocycles. The normalized spacial score (nSPS) is 22.9. The molecule has 0 fully saturated rings. The van der Waals surface area contributed by atoms with Gasteiger partial charge < -0.3 is 16.2 Å². The topological polar surface area (TPSA) is 73.6 Å². The monoisotopic (exact) mass is 351 g/mol. The summed E-state index contributed by atoms with van der Waals surface area (Å²) in [5, 5.41) is 0. The largest absolute Gasteiger partial charge is 0.400 e. The maximum Gasteiger partial charge on any atom is 0.100 e. The Morgan fingerprint density at radius 1 is 1.35 bits per heavy atom. The van der Waals surface area contributed by atoms with Gasteiger partial charge in [0, 0.05) is 23.0 Å². The van der Waals surface area contributed by atoms with Crippen LogP contribution in [0.4, 0.5) is 0 Å². The molecule has 2 aliphatic rings. The highest BCUT2D eigenvalue weighted by Gasteiger charge is 2.22. The van der Waals surface area contributed by atoms with Gasteiger partial charge in [0.15, 0.2) is 0 Å². The Kier molecular flexibility index (Phi) is 5.44. The third-order valence-corrected chi connectivity index (χ3v) is 5.03. The lowest BCUT2D eigenvalue weighted by molar-refractivity contribution is 0.0292. The van der Waals surface area contributed by atoms with Crippen LogP contribution in [0.5, 0.6) is 0 Å². The van der Waals surface area contributed by atoms with E-state index in [1.165, 1.54) is 11.1 Å². The number of rotatable bonds is 5. The average Bonchev–Trinajstić information content (AvgIpc) is 2.97. The Labute approximate surface area is 156 Å². The number of fused-ring (bicyclic) bond motifs is 1. The van der Waals surface area contributed by atoms with Crippen LogP contribution in [0.3, 0.4) is 0 Å². The lowest BCUT2D eigenvalue weighted by Crippen LogP contribution is -2.27. The van der Waals surface area contributed by atoms with Crippen LogP contribution in [0.1, 0.15) is 56.3 Å². The fraction of sp³-hybridized carbons (Fsp3) is 0.409. The summed E-state index contributed by atoms with van der Waals surface area (Å²) in [5.41, 5.74) is 19.5. The van der Waals surface area contributed by atoms with Gasteiger partial charge in [0.25, 0.3) is 0 Å². The van der Waals surface area contributed by atoms with Gasteiger partial charge in [-0.25, -0.2) is 0 Å². The summed E-state index contributed by atoms with van der Waals surface area (Å²) in [4.78, 5) is 4.77. The van der Waals surface area contributed by atoms with Crippen LogP contribution in [0.2, 0.25) is 0 Å². The van der Waals surface area contributed by atoms with Crippen LogP contribution in [0.25, 0.3) is 5.70 Å². The Bertz CT molecular complexity index is 802. The number of nitrogens with two attached hydrogens (primary N) is 2. The molecule has 0 bridgehead atoms. The van der Waals surface area contributed by atoms with Crippen molar-refractivity contribution in [2.24, 2.45) is 16.5 Å². The summed E-state index contributed by atoms with van der Waals surface area (Å²) in [7, 11) is 0. The Morgan fingerprint density at radius 2 is 2.12 bits per heavy atom. The zero-order valence-electron chi connectivity index (χ0n) is 16.0. The molecule has 4 N–H and O–H groups in total. The van der Waals surface area contributed by atoms with E-state index in [4.69, 9.17) is 21.2 Å². The van der Waals surface area contributed by atoms with E-state index in [9.17, 15) is 0 Å². The SMILES string of the molecule is C=C(/N=C(\C)C1=CCC(OC(C)C)C(N)=C1)c1cccc2c1CC[C@@H]2N. The third-order valence-electron chi connectivity index (χ3n) is 5.03. The molecule has 0 saturated carbocycles. The van der Waals surface area contributed by atoms with Crippen LogP contribution < -0.4 is 11.5 Å². The highest BCUT2D eigenvalue weighted by Crippen LogP contribution is 2.34. The smallest absolute Gasteiger partial charge is 0.100 e. The molecule has 2 aliphatic carbocycles. The van der Waals surface area contributed by atoms with Crippen molar-refractivity contribution in [2.75, 3.05) is 0 Å². The van der Waals surface area contributed by atoms with Crippen molar-refractivity contribution in [1.82, 2.24) is 0 Å². The second kappa shape index (κ2) is 7.60. The van der Waals surface area contributed by atoms with E-state index < -0.39 is 0 Å². The van der Waals surface area contributed by atoms with E-state index in [1.807, 2.05) is 32.9 Å². The number of nitrogens with zero attached hydrogens (tertiary/aromatic N) is 1. The van der Waals surface area contributed by atoms with Crippen LogP contribution >= 0.6 is 0 Å². The maximum atomic E-state index is 6.19. The highest BCUT2D eigenvalue weighted by atomic mass is 16.5. The molecule has 0 aliphatic heterocycles. The van der Waals surface area contributed by atoms with Crippen molar-refractivity contribution in [3.63, 3.8) is 0 Å². The number of allylic oxidation sites excluding steroid dienone is 2. The molecule has 0 saturated heterocycles. The van der Waals surface area contributed by atoms with Gasteiger partial charge in [-0.2, -0.15) is 0 Å². The summed E-state index contributed by atoms with van der Waals surface area (Å²) in [6.45, 7) is 10.2. The molecule has 0 amide bonds. The molecular formula is C22H29N3O. The zero-order valence-corrected chi connectivity index (χ0v) is 16.0. The minimum Gasteiger partial charge on any atom is -0.400 e. The molecule has 1 aromatic rings. The molecule has 26 heavy (non-hydrogen) atoms. The van der Waals surface area contributed by atoms with Crippen LogP contribution in [-0.4, -0.2) is 17.9 Å². The maximum absolute atomic E-state index is 6.19. The molecule has 0 heterocycles. The second-order valence-corrected chi connectivity index (χ2v) is 7.38. The highest BCUT2D eigenvalue weighted by molar-refractivity contribution is 6.03. The van der Waals surface area contributed by atoms with E-state index in [1.54, 1.807) is 0 Å². The molecule has 4 heteroatoms. The Morgan fingerprint density at radius 3 is 2.81 bits per heavy atom. The summed E-state index contributed by atoms with van der Waals surface area (Å²) < 4.78 is 5.84. The van der Waals surface area contributed by atoms with Crippen molar-refractivity contribution in [1.29, 1.82) is 0 Å². The van der Waals surface area contributed by atoms with Gasteiger partial charge in [-0.1, -0.05) is 30.9 Å². The van der Waals surface area contributed by atoms with Gasteiger partial charge in [-0.05, 0) is 62.8 Å². The molecule has 2 atom stereocenters. The first-order valence-corrected chi connectivity index (χ1v) is 9.31.